The van der Waals surface area contributed by atoms with Crippen LogP contribution in [0.25, 0.3) is 0 Å². The van der Waals surface area contributed by atoms with E-state index in [9.17, 15) is 13.2 Å². The molecule has 1 aromatic heterocycles. The first-order chi connectivity index (χ1) is 14.4. The Kier molecular flexibility index (Phi) is 6.26. The normalized spacial score (nSPS) is 18.5. The highest BCUT2D eigenvalue weighted by Crippen LogP contribution is 2.21. The maximum atomic E-state index is 12.9. The largest absolute Gasteiger partial charge is 0.368 e. The fourth-order valence-corrected chi connectivity index (χ4v) is 5.47. The van der Waals surface area contributed by atoms with Crippen LogP contribution in [-0.4, -0.2) is 85.9 Å². The van der Waals surface area contributed by atoms with Crippen LogP contribution in [-0.2, 0) is 10.0 Å². The second kappa shape index (κ2) is 8.91. The predicted octanol–water partition coefficient (Wildman–Crippen LogP) is 2.09. The van der Waals surface area contributed by atoms with E-state index in [4.69, 9.17) is 0 Å². The van der Waals surface area contributed by atoms with Gasteiger partial charge in [-0.2, -0.15) is 4.31 Å². The lowest BCUT2D eigenvalue weighted by atomic mass is 10.2. The topological polar surface area (TPSA) is 77.1 Å². The van der Waals surface area contributed by atoms with Crippen molar-refractivity contribution in [2.24, 2.45) is 0 Å². The lowest BCUT2D eigenvalue weighted by Gasteiger charge is -2.40. The summed E-state index contributed by atoms with van der Waals surface area (Å²) in [4.78, 5) is 23.1. The molecule has 10 heteroatoms. The molecule has 0 aliphatic carbocycles. The van der Waals surface area contributed by atoms with Crippen molar-refractivity contribution in [1.29, 1.82) is 0 Å². The number of halogens is 1. The minimum atomic E-state index is -3.54. The van der Waals surface area contributed by atoms with Crippen molar-refractivity contribution in [3.8, 4) is 0 Å². The smallest absolute Gasteiger partial charge is 0.320 e. The first kappa shape index (κ1) is 21.1. The number of urea groups is 1. The molecule has 2 fully saturated rings. The number of piperazine rings is 2. The zero-order valence-corrected chi connectivity index (χ0v) is 18.9. The first-order valence-electron chi connectivity index (χ1n) is 9.90. The molecule has 2 amide bonds. The van der Waals surface area contributed by atoms with Gasteiger partial charge in [-0.1, -0.05) is 15.9 Å². The average molecular weight is 494 g/mol. The number of rotatable bonds is 3. The highest BCUT2D eigenvalue weighted by atomic mass is 79.9. The Morgan fingerprint density at radius 2 is 1.33 bits per heavy atom. The van der Waals surface area contributed by atoms with Crippen LogP contribution in [0.3, 0.4) is 0 Å². The molecule has 4 rings (SSSR count). The molecule has 0 N–H and O–H groups in total. The van der Waals surface area contributed by atoms with E-state index >= 15 is 0 Å². The number of hydrogen-bond acceptors (Lipinski definition) is 5. The van der Waals surface area contributed by atoms with Crippen molar-refractivity contribution < 1.29 is 13.2 Å². The van der Waals surface area contributed by atoms with Crippen LogP contribution in [0.1, 0.15) is 0 Å². The number of sulfonamides is 1. The maximum Gasteiger partial charge on any atom is 0.320 e. The summed E-state index contributed by atoms with van der Waals surface area (Å²) in [5.41, 5.74) is 1.11. The monoisotopic (exact) mass is 493 g/mol. The van der Waals surface area contributed by atoms with Gasteiger partial charge in [0.25, 0.3) is 0 Å². The summed E-state index contributed by atoms with van der Waals surface area (Å²) >= 11 is 3.32. The number of pyridine rings is 1. The number of carbonyl (C=O) groups is 1. The second-order valence-electron chi connectivity index (χ2n) is 7.31. The summed E-state index contributed by atoms with van der Waals surface area (Å²) in [5.74, 6) is 0. The van der Waals surface area contributed by atoms with E-state index in [0.717, 1.165) is 23.2 Å². The minimum Gasteiger partial charge on any atom is -0.368 e. The third-order valence-corrected chi connectivity index (χ3v) is 7.98. The van der Waals surface area contributed by atoms with Crippen molar-refractivity contribution in [1.82, 2.24) is 19.1 Å². The number of anilines is 1. The molecule has 30 heavy (non-hydrogen) atoms. The van der Waals surface area contributed by atoms with Crippen LogP contribution in [0.4, 0.5) is 10.5 Å². The van der Waals surface area contributed by atoms with Crippen LogP contribution in [0.2, 0.25) is 0 Å². The number of benzene rings is 1. The highest BCUT2D eigenvalue weighted by molar-refractivity contribution is 9.10. The van der Waals surface area contributed by atoms with Gasteiger partial charge in [-0.25, -0.2) is 13.2 Å². The van der Waals surface area contributed by atoms with Gasteiger partial charge in [-0.3, -0.25) is 4.98 Å². The molecule has 8 nitrogen and oxygen atoms in total. The number of aromatic nitrogens is 1. The van der Waals surface area contributed by atoms with Crippen molar-refractivity contribution in [3.63, 3.8) is 0 Å². The van der Waals surface area contributed by atoms with E-state index in [1.54, 1.807) is 41.6 Å². The first-order valence-corrected chi connectivity index (χ1v) is 12.1. The lowest BCUT2D eigenvalue weighted by Crippen LogP contribution is -2.57. The number of carbonyl (C=O) groups excluding carboxylic acids is 1. The van der Waals surface area contributed by atoms with E-state index < -0.39 is 10.0 Å². The van der Waals surface area contributed by atoms with Gasteiger partial charge in [0, 0.05) is 74.9 Å². The molecule has 2 saturated heterocycles. The molecule has 2 aliphatic rings. The van der Waals surface area contributed by atoms with Crippen molar-refractivity contribution in [2.45, 2.75) is 4.90 Å². The molecule has 160 valence electrons. The van der Waals surface area contributed by atoms with E-state index in [0.29, 0.717) is 39.3 Å². The van der Waals surface area contributed by atoms with Crippen LogP contribution in [0.5, 0.6) is 0 Å². The number of amides is 2. The summed E-state index contributed by atoms with van der Waals surface area (Å²) < 4.78 is 28.0. The molecule has 2 aliphatic heterocycles. The van der Waals surface area contributed by atoms with E-state index in [2.05, 4.69) is 25.8 Å². The Hall–Kier alpha value is -2.17. The Bertz CT molecular complexity index is 971. The Labute approximate surface area is 185 Å². The molecule has 2 aromatic rings. The molecule has 1 aromatic carbocycles. The fraction of sp³-hybridized carbons (Fsp3) is 0.400. The van der Waals surface area contributed by atoms with Crippen LogP contribution in [0, 0.1) is 0 Å². The SMILES string of the molecule is O=C(N1CCN(c2ccncc2)CC1)N1CCN(S(=O)(=O)c2ccc(Br)cc2)CC1. The van der Waals surface area contributed by atoms with Crippen LogP contribution in [0.15, 0.2) is 58.2 Å². The zero-order chi connectivity index (χ0) is 21.1. The minimum absolute atomic E-state index is 0.00920. The quantitative estimate of drug-likeness (QED) is 0.654. The van der Waals surface area contributed by atoms with E-state index in [1.807, 2.05) is 17.0 Å². The van der Waals surface area contributed by atoms with Gasteiger partial charge in [-0.15, -0.1) is 0 Å². The zero-order valence-electron chi connectivity index (χ0n) is 16.5. The van der Waals surface area contributed by atoms with E-state index in [1.165, 1.54) is 4.31 Å². The molecule has 0 atom stereocenters. The lowest BCUT2D eigenvalue weighted by molar-refractivity contribution is 0.132. The van der Waals surface area contributed by atoms with Gasteiger partial charge in [0.05, 0.1) is 4.90 Å². The Morgan fingerprint density at radius 3 is 1.90 bits per heavy atom. The summed E-state index contributed by atoms with van der Waals surface area (Å²) in [5, 5.41) is 0. The molecule has 0 bridgehead atoms. The Balaban J connectivity index is 1.31. The molecule has 0 radical (unpaired) electrons. The average Bonchev–Trinajstić information content (AvgIpc) is 2.80. The summed E-state index contributed by atoms with van der Waals surface area (Å²) in [6.45, 7) is 4.26. The molecular formula is C20H24BrN5O3S. The van der Waals surface area contributed by atoms with Gasteiger partial charge >= 0.3 is 6.03 Å². The van der Waals surface area contributed by atoms with Crippen LogP contribution < -0.4 is 4.90 Å². The number of hydrogen-bond donors (Lipinski definition) is 0. The fourth-order valence-electron chi connectivity index (χ4n) is 3.79. The van der Waals surface area contributed by atoms with E-state index in [-0.39, 0.29) is 10.9 Å². The predicted molar refractivity (Wildman–Crippen MR) is 118 cm³/mol. The summed E-state index contributed by atoms with van der Waals surface area (Å²) in [7, 11) is -3.54. The van der Waals surface area contributed by atoms with Gasteiger partial charge in [0.1, 0.15) is 0 Å². The second-order valence-corrected chi connectivity index (χ2v) is 10.2. The molecular weight excluding hydrogens is 470 g/mol. The molecule has 0 spiro atoms. The van der Waals surface area contributed by atoms with Crippen molar-refractivity contribution >= 4 is 37.7 Å². The van der Waals surface area contributed by atoms with Gasteiger partial charge in [0.15, 0.2) is 0 Å². The Morgan fingerprint density at radius 1 is 0.800 bits per heavy atom. The highest BCUT2D eigenvalue weighted by Gasteiger charge is 2.32. The van der Waals surface area contributed by atoms with Crippen molar-refractivity contribution in [3.05, 3.63) is 53.3 Å². The van der Waals surface area contributed by atoms with Gasteiger partial charge in [-0.05, 0) is 36.4 Å². The van der Waals surface area contributed by atoms with Crippen LogP contribution >= 0.6 is 15.9 Å². The van der Waals surface area contributed by atoms with Crippen molar-refractivity contribution in [2.75, 3.05) is 57.3 Å². The molecule has 0 unspecified atom stereocenters. The third kappa shape index (κ3) is 4.45. The van der Waals surface area contributed by atoms with Gasteiger partial charge < -0.3 is 14.7 Å². The standard InChI is InChI=1S/C20H24BrN5O3S/c21-17-1-3-19(4-2-17)30(28,29)26-15-13-25(14-16-26)20(27)24-11-9-23(10-12-24)18-5-7-22-8-6-18/h1-8H,9-16H2. The summed E-state index contributed by atoms with van der Waals surface area (Å²) in [6, 6.07) is 10.6. The summed E-state index contributed by atoms with van der Waals surface area (Å²) in [6.07, 6.45) is 3.54. The van der Waals surface area contributed by atoms with Gasteiger partial charge in [0.2, 0.25) is 10.0 Å². The third-order valence-electron chi connectivity index (χ3n) is 5.54. The molecule has 3 heterocycles. The number of nitrogens with zero attached hydrogens (tertiary/aromatic N) is 5. The maximum absolute atomic E-state index is 12.9. The molecule has 0 saturated carbocycles.